The number of benzene rings is 1. The van der Waals surface area contributed by atoms with Gasteiger partial charge in [-0.1, -0.05) is 50.6 Å². The molecule has 5 nitrogen and oxygen atoms in total. The van der Waals surface area contributed by atoms with E-state index < -0.39 is 0 Å². The van der Waals surface area contributed by atoms with E-state index in [1.165, 1.54) is 0 Å². The number of carbonyl (C=O) groups excluding carboxylic acids is 2. The fourth-order valence-corrected chi connectivity index (χ4v) is 4.51. The van der Waals surface area contributed by atoms with E-state index in [0.717, 1.165) is 30.6 Å². The predicted octanol–water partition coefficient (Wildman–Crippen LogP) is 4.50. The minimum Gasteiger partial charge on any atom is -0.348 e. The van der Waals surface area contributed by atoms with Crippen LogP contribution in [0, 0.1) is 5.41 Å². The zero-order valence-electron chi connectivity index (χ0n) is 18.0. The van der Waals surface area contributed by atoms with Crippen molar-refractivity contribution in [3.8, 4) is 0 Å². The van der Waals surface area contributed by atoms with E-state index in [2.05, 4.69) is 31.4 Å². The van der Waals surface area contributed by atoms with Gasteiger partial charge >= 0.3 is 0 Å². The molecule has 1 aliphatic carbocycles. The zero-order valence-corrected chi connectivity index (χ0v) is 18.7. The summed E-state index contributed by atoms with van der Waals surface area (Å²) in [5, 5.41) is 0.651. The van der Waals surface area contributed by atoms with Crippen molar-refractivity contribution in [3.63, 3.8) is 0 Å². The second-order valence-corrected chi connectivity index (χ2v) is 10.0. The number of halogens is 1. The Balaban J connectivity index is 1.60. The van der Waals surface area contributed by atoms with Crippen molar-refractivity contribution in [1.29, 1.82) is 0 Å². The highest BCUT2D eigenvalue weighted by Gasteiger charge is 2.39. The summed E-state index contributed by atoms with van der Waals surface area (Å²) in [4.78, 5) is 30.2. The SMILES string of the molecule is CC(C)(C)CC(=O)N(CC(=O)N1CCn2cccc2[C@@H]1c1ccccc1Cl)C1CC1. The summed E-state index contributed by atoms with van der Waals surface area (Å²) in [5.41, 5.74) is 1.88. The lowest BCUT2D eigenvalue weighted by molar-refractivity contribution is -0.143. The minimum absolute atomic E-state index is 0.0125. The monoisotopic (exact) mass is 427 g/mol. The van der Waals surface area contributed by atoms with Gasteiger partial charge in [0, 0.05) is 42.5 Å². The molecule has 1 atom stereocenters. The lowest BCUT2D eigenvalue weighted by atomic mass is 9.91. The molecular formula is C24H30ClN3O2. The summed E-state index contributed by atoms with van der Waals surface area (Å²) < 4.78 is 2.18. The highest BCUT2D eigenvalue weighted by atomic mass is 35.5. The van der Waals surface area contributed by atoms with Crippen LogP contribution < -0.4 is 0 Å². The number of hydrogen-bond acceptors (Lipinski definition) is 2. The summed E-state index contributed by atoms with van der Waals surface area (Å²) in [6, 6.07) is 11.7. The Kier molecular flexibility index (Phi) is 5.67. The maximum absolute atomic E-state index is 13.5. The van der Waals surface area contributed by atoms with Crippen LogP contribution in [-0.2, 0) is 16.1 Å². The Morgan fingerprint density at radius 1 is 1.10 bits per heavy atom. The van der Waals surface area contributed by atoms with Crippen molar-refractivity contribution in [3.05, 3.63) is 58.9 Å². The van der Waals surface area contributed by atoms with Gasteiger partial charge in [-0.15, -0.1) is 0 Å². The Labute approximate surface area is 183 Å². The molecule has 0 spiro atoms. The molecule has 160 valence electrons. The average molecular weight is 428 g/mol. The van der Waals surface area contributed by atoms with Gasteiger partial charge in [-0.05, 0) is 42.0 Å². The van der Waals surface area contributed by atoms with Crippen molar-refractivity contribution >= 4 is 23.4 Å². The number of hydrogen-bond donors (Lipinski definition) is 0. The van der Waals surface area contributed by atoms with Crippen molar-refractivity contribution in [1.82, 2.24) is 14.4 Å². The number of nitrogens with zero attached hydrogens (tertiary/aromatic N) is 3. The minimum atomic E-state index is -0.242. The van der Waals surface area contributed by atoms with Crippen LogP contribution in [0.15, 0.2) is 42.6 Å². The first-order valence-corrected chi connectivity index (χ1v) is 11.1. The molecule has 2 amide bonds. The molecule has 0 saturated heterocycles. The Bertz CT molecular complexity index is 942. The summed E-state index contributed by atoms with van der Waals surface area (Å²) in [7, 11) is 0. The van der Waals surface area contributed by atoms with Crippen molar-refractivity contribution in [2.45, 2.75) is 58.7 Å². The molecule has 0 bridgehead atoms. The highest BCUT2D eigenvalue weighted by Crippen LogP contribution is 2.37. The molecule has 1 saturated carbocycles. The standard InChI is InChI=1S/C24H30ClN3O2/c1-24(2,3)15-21(29)28(17-10-11-17)16-22(30)27-14-13-26-12-6-9-20(26)23(27)18-7-4-5-8-19(18)25/h4-9,12,17,23H,10-11,13-16H2,1-3H3/t23-/m0/s1. The first-order valence-electron chi connectivity index (χ1n) is 10.7. The lowest BCUT2D eigenvalue weighted by Crippen LogP contribution is -2.49. The summed E-state index contributed by atoms with van der Waals surface area (Å²) in [6.45, 7) is 7.66. The molecule has 2 aliphatic rings. The molecule has 0 N–H and O–H groups in total. The molecular weight excluding hydrogens is 398 g/mol. The molecule has 6 heteroatoms. The largest absolute Gasteiger partial charge is 0.348 e. The van der Waals surface area contributed by atoms with Gasteiger partial charge in [-0.3, -0.25) is 9.59 Å². The molecule has 1 aliphatic heterocycles. The van der Waals surface area contributed by atoms with E-state index in [-0.39, 0.29) is 35.9 Å². The second-order valence-electron chi connectivity index (χ2n) is 9.63. The van der Waals surface area contributed by atoms with E-state index in [4.69, 9.17) is 11.6 Å². The topological polar surface area (TPSA) is 45.6 Å². The zero-order chi connectivity index (χ0) is 21.5. The Morgan fingerprint density at radius 3 is 2.50 bits per heavy atom. The van der Waals surface area contributed by atoms with E-state index in [9.17, 15) is 9.59 Å². The Morgan fingerprint density at radius 2 is 1.83 bits per heavy atom. The molecule has 1 aromatic carbocycles. The van der Waals surface area contributed by atoms with Crippen LogP contribution >= 0.6 is 11.6 Å². The predicted molar refractivity (Wildman–Crippen MR) is 118 cm³/mol. The number of fused-ring (bicyclic) bond motifs is 1. The van der Waals surface area contributed by atoms with Gasteiger partial charge in [0.25, 0.3) is 0 Å². The van der Waals surface area contributed by atoms with Crippen LogP contribution in [0.25, 0.3) is 0 Å². The average Bonchev–Trinajstić information content (AvgIpc) is 3.40. The molecule has 2 heterocycles. The van der Waals surface area contributed by atoms with Crippen molar-refractivity contribution in [2.24, 2.45) is 5.41 Å². The molecule has 0 unspecified atom stereocenters. The third kappa shape index (κ3) is 4.41. The first-order chi connectivity index (χ1) is 14.2. The molecule has 4 rings (SSSR count). The fourth-order valence-electron chi connectivity index (χ4n) is 4.28. The quantitative estimate of drug-likeness (QED) is 0.705. The number of amides is 2. The van der Waals surface area contributed by atoms with Crippen LogP contribution in [0.1, 0.15) is 57.3 Å². The van der Waals surface area contributed by atoms with Crippen LogP contribution in [-0.4, -0.2) is 45.3 Å². The molecule has 1 fully saturated rings. The summed E-state index contributed by atoms with van der Waals surface area (Å²) in [5.74, 6) is 0.0644. The Hall–Kier alpha value is -2.27. The van der Waals surface area contributed by atoms with Gasteiger partial charge < -0.3 is 14.4 Å². The van der Waals surface area contributed by atoms with Crippen molar-refractivity contribution in [2.75, 3.05) is 13.1 Å². The van der Waals surface area contributed by atoms with Crippen LogP contribution in [0.2, 0.25) is 5.02 Å². The van der Waals surface area contributed by atoms with E-state index in [1.54, 1.807) is 0 Å². The highest BCUT2D eigenvalue weighted by molar-refractivity contribution is 6.31. The van der Waals surface area contributed by atoms with E-state index in [0.29, 0.717) is 18.0 Å². The molecule has 2 aromatic rings. The molecule has 1 aromatic heterocycles. The van der Waals surface area contributed by atoms with Gasteiger partial charge in [-0.25, -0.2) is 0 Å². The van der Waals surface area contributed by atoms with E-state index >= 15 is 0 Å². The fraction of sp³-hybridized carbons (Fsp3) is 0.500. The van der Waals surface area contributed by atoms with Gasteiger partial charge in [-0.2, -0.15) is 0 Å². The number of carbonyl (C=O) groups is 2. The smallest absolute Gasteiger partial charge is 0.243 e. The van der Waals surface area contributed by atoms with Gasteiger partial charge in [0.1, 0.15) is 6.54 Å². The third-order valence-corrected chi connectivity index (χ3v) is 6.20. The first kappa shape index (κ1) is 21.0. The van der Waals surface area contributed by atoms with E-state index in [1.807, 2.05) is 46.3 Å². The maximum atomic E-state index is 13.5. The number of rotatable bonds is 5. The normalized spacial score (nSPS) is 18.8. The van der Waals surface area contributed by atoms with Gasteiger partial charge in [0.2, 0.25) is 11.8 Å². The summed E-state index contributed by atoms with van der Waals surface area (Å²) in [6.07, 6.45) is 4.47. The van der Waals surface area contributed by atoms with Crippen LogP contribution in [0.4, 0.5) is 0 Å². The van der Waals surface area contributed by atoms with Crippen molar-refractivity contribution < 1.29 is 9.59 Å². The molecule has 30 heavy (non-hydrogen) atoms. The van der Waals surface area contributed by atoms with Gasteiger partial charge in [0.15, 0.2) is 0 Å². The second kappa shape index (κ2) is 8.10. The van der Waals surface area contributed by atoms with Crippen LogP contribution in [0.3, 0.4) is 0 Å². The van der Waals surface area contributed by atoms with Gasteiger partial charge in [0.05, 0.1) is 6.04 Å². The lowest BCUT2D eigenvalue weighted by Gasteiger charge is -2.39. The molecule has 0 radical (unpaired) electrons. The number of aromatic nitrogens is 1. The summed E-state index contributed by atoms with van der Waals surface area (Å²) >= 11 is 6.54. The van der Waals surface area contributed by atoms with Crippen LogP contribution in [0.5, 0.6) is 0 Å². The third-order valence-electron chi connectivity index (χ3n) is 5.85. The maximum Gasteiger partial charge on any atom is 0.243 e.